The first-order chi connectivity index (χ1) is 22.9. The number of pyridine rings is 1. The van der Waals surface area contributed by atoms with E-state index in [2.05, 4.69) is 15.3 Å². The summed E-state index contributed by atoms with van der Waals surface area (Å²) >= 11 is 0. The third kappa shape index (κ3) is 6.24. The molecule has 11 N–H and O–H groups in total. The molecule has 5 unspecified atom stereocenters. The molecule has 48 heavy (non-hydrogen) atoms. The number of fused-ring (bicyclic) bond motifs is 2. The van der Waals surface area contributed by atoms with Gasteiger partial charge in [0, 0.05) is 48.1 Å². The zero-order chi connectivity index (χ0) is 34.9. The van der Waals surface area contributed by atoms with Crippen molar-refractivity contribution in [2.45, 2.75) is 56.7 Å². The second kappa shape index (κ2) is 14.1. The van der Waals surface area contributed by atoms with Crippen molar-refractivity contribution in [2.24, 2.45) is 10.7 Å². The number of guanidine groups is 1. The fourth-order valence-electron chi connectivity index (χ4n) is 5.85. The number of nitrogens with one attached hydrogen (secondary N) is 1. The number of aromatic hydroxyl groups is 1. The van der Waals surface area contributed by atoms with Crippen LogP contribution in [0.4, 0.5) is 5.82 Å². The van der Waals surface area contributed by atoms with E-state index in [4.69, 9.17) is 25.7 Å². The number of ether oxygens (including phenoxy) is 3. The van der Waals surface area contributed by atoms with Gasteiger partial charge in [0.1, 0.15) is 47.5 Å². The summed E-state index contributed by atoms with van der Waals surface area (Å²) in [6.07, 6.45) is -6.04. The number of phenolic OH excluding ortho intramolecular Hbond substituents is 1. The summed E-state index contributed by atoms with van der Waals surface area (Å²) in [6, 6.07) is 6.13. The minimum Gasteiger partial charge on any atom is -0.507 e. The number of carbonyl (C=O) groups is 2. The lowest BCUT2D eigenvalue weighted by Gasteiger charge is -2.40. The van der Waals surface area contributed by atoms with Crippen LogP contribution in [0.5, 0.6) is 17.2 Å². The van der Waals surface area contributed by atoms with Crippen LogP contribution >= 0.6 is 0 Å². The highest BCUT2D eigenvalue weighted by Crippen LogP contribution is 2.44. The minimum absolute atomic E-state index is 0.0377. The van der Waals surface area contributed by atoms with Gasteiger partial charge in [-0.15, -0.1) is 0 Å². The summed E-state index contributed by atoms with van der Waals surface area (Å²) in [5, 5.41) is 65.6. The highest BCUT2D eigenvalue weighted by atomic mass is 16.7. The number of carbonyl (C=O) groups excluding carboxylic acids is 2. The van der Waals surface area contributed by atoms with Gasteiger partial charge in [-0.3, -0.25) is 14.6 Å². The van der Waals surface area contributed by atoms with Crippen molar-refractivity contribution < 1.29 is 54.4 Å². The zero-order valence-corrected chi connectivity index (χ0v) is 26.1. The first-order valence-corrected chi connectivity index (χ1v) is 14.9. The Kier molecular flexibility index (Phi) is 10.1. The second-order valence-corrected chi connectivity index (χ2v) is 11.3. The van der Waals surface area contributed by atoms with E-state index in [9.17, 15) is 40.2 Å². The molecule has 0 radical (unpaired) electrons. The summed E-state index contributed by atoms with van der Waals surface area (Å²) < 4.78 is 16.7. The van der Waals surface area contributed by atoms with Gasteiger partial charge in [-0.2, -0.15) is 0 Å². The summed E-state index contributed by atoms with van der Waals surface area (Å²) in [6.45, 7) is -1.53. The van der Waals surface area contributed by atoms with E-state index in [1.165, 1.54) is 26.3 Å². The number of benzene rings is 2. The minimum atomic E-state index is -1.85. The van der Waals surface area contributed by atoms with Crippen LogP contribution in [0, 0.1) is 0 Å². The maximum Gasteiger partial charge on any atom is 0.229 e. The van der Waals surface area contributed by atoms with E-state index >= 15 is 0 Å². The van der Waals surface area contributed by atoms with E-state index in [1.807, 2.05) is 0 Å². The van der Waals surface area contributed by atoms with Gasteiger partial charge < -0.3 is 61.6 Å². The molecule has 16 heteroatoms. The molecule has 2 aromatic carbocycles. The molecular formula is C32H37N5O11. The Balaban J connectivity index is 1.64. The van der Waals surface area contributed by atoms with Gasteiger partial charge in [0.2, 0.25) is 12.1 Å². The SMILES string of the molecule is CN=C(N)NCc1c(CCc2ccc(N)nc2)cc2c(c1O)C(=O)c1c(OC3OC(CO)C(O)C(O)C3O)cc(OC)c(CO)c1C2=O. The van der Waals surface area contributed by atoms with Crippen molar-refractivity contribution in [1.82, 2.24) is 10.3 Å². The van der Waals surface area contributed by atoms with E-state index in [0.717, 1.165) is 5.56 Å². The van der Waals surface area contributed by atoms with Crippen molar-refractivity contribution in [3.8, 4) is 17.2 Å². The molecule has 2 heterocycles. The fourth-order valence-corrected chi connectivity index (χ4v) is 5.85. The zero-order valence-electron chi connectivity index (χ0n) is 26.1. The first kappa shape index (κ1) is 34.5. The normalized spacial score (nSPS) is 22.2. The van der Waals surface area contributed by atoms with Gasteiger partial charge in [-0.25, -0.2) is 4.98 Å². The molecule has 1 saturated heterocycles. The van der Waals surface area contributed by atoms with E-state index in [-0.39, 0.29) is 57.4 Å². The Morgan fingerprint density at radius 1 is 1.00 bits per heavy atom. The molecule has 0 saturated carbocycles. The molecule has 2 aliphatic rings. The lowest BCUT2D eigenvalue weighted by atomic mass is 9.78. The molecule has 256 valence electrons. The molecule has 3 aromatic rings. The van der Waals surface area contributed by atoms with Crippen LogP contribution in [-0.2, 0) is 30.7 Å². The van der Waals surface area contributed by atoms with Gasteiger partial charge in [-0.1, -0.05) is 6.07 Å². The number of aryl methyl sites for hydroxylation is 2. The number of nitrogens with two attached hydrogens (primary N) is 2. The van der Waals surface area contributed by atoms with Crippen LogP contribution < -0.4 is 26.3 Å². The Bertz CT molecular complexity index is 1750. The number of methoxy groups -OCH3 is 1. The Labute approximate surface area is 274 Å². The number of nitrogens with zero attached hydrogens (tertiary/aromatic N) is 2. The third-order valence-corrected chi connectivity index (χ3v) is 8.47. The molecule has 1 aromatic heterocycles. The third-order valence-electron chi connectivity index (χ3n) is 8.47. The number of rotatable bonds is 10. The first-order valence-electron chi connectivity index (χ1n) is 14.9. The maximum absolute atomic E-state index is 14.4. The predicted octanol–water partition coefficient (Wildman–Crippen LogP) is -1.36. The average molecular weight is 668 g/mol. The smallest absolute Gasteiger partial charge is 0.229 e. The molecule has 0 amide bonds. The molecule has 16 nitrogen and oxygen atoms in total. The molecular weight excluding hydrogens is 630 g/mol. The lowest BCUT2D eigenvalue weighted by Crippen LogP contribution is -2.60. The Morgan fingerprint density at radius 2 is 1.75 bits per heavy atom. The van der Waals surface area contributed by atoms with Crippen LogP contribution in [0.15, 0.2) is 35.5 Å². The van der Waals surface area contributed by atoms with Gasteiger partial charge in [0.15, 0.2) is 11.7 Å². The Hall–Kier alpha value is -4.84. The number of hydrogen-bond donors (Lipinski definition) is 9. The van der Waals surface area contributed by atoms with Crippen molar-refractivity contribution in [2.75, 3.05) is 26.5 Å². The van der Waals surface area contributed by atoms with Crippen LogP contribution in [0.2, 0.25) is 0 Å². The van der Waals surface area contributed by atoms with E-state index in [0.29, 0.717) is 24.2 Å². The fraction of sp³-hybridized carbons (Fsp3) is 0.375. The van der Waals surface area contributed by atoms with Crippen LogP contribution in [0.3, 0.4) is 0 Å². The number of phenols is 1. The highest BCUT2D eigenvalue weighted by Gasteiger charge is 2.46. The number of aliphatic hydroxyl groups excluding tert-OH is 5. The molecule has 0 spiro atoms. The Morgan fingerprint density at radius 3 is 2.38 bits per heavy atom. The summed E-state index contributed by atoms with van der Waals surface area (Å²) in [5.41, 5.74) is 12.0. The van der Waals surface area contributed by atoms with Crippen molar-refractivity contribution in [1.29, 1.82) is 0 Å². The molecule has 1 aliphatic heterocycles. The standard InChI is InChI=1S/C32H37N5O11/c1-35-32(34)37-10-16-14(5-3-13-4-6-21(33)36-9-13)7-15-23(26(16)41)28(43)24-19(8-18(46-2)17(11-38)22(24)25(15)40)47-31-30(45)29(44)27(42)20(12-39)48-31/h4,6-9,20,27,29-31,38-39,41-42,44-45H,3,5,10-12H2,1-2H3,(H2,33,36)(H3,34,35,37). The topological polar surface area (TPSA) is 273 Å². The van der Waals surface area contributed by atoms with Crippen molar-refractivity contribution in [3.63, 3.8) is 0 Å². The lowest BCUT2D eigenvalue weighted by molar-refractivity contribution is -0.277. The molecule has 0 bridgehead atoms. The van der Waals surface area contributed by atoms with Gasteiger partial charge >= 0.3 is 0 Å². The summed E-state index contributed by atoms with van der Waals surface area (Å²) in [5.74, 6) is -2.09. The van der Waals surface area contributed by atoms with Crippen LogP contribution in [-0.4, -0.2) is 105 Å². The number of aromatic nitrogens is 1. The van der Waals surface area contributed by atoms with E-state index < -0.39 is 61.2 Å². The molecule has 5 rings (SSSR count). The highest BCUT2D eigenvalue weighted by molar-refractivity contribution is 6.31. The van der Waals surface area contributed by atoms with Gasteiger partial charge in [-0.05, 0) is 36.1 Å². The summed E-state index contributed by atoms with van der Waals surface area (Å²) in [7, 11) is 2.73. The van der Waals surface area contributed by atoms with Gasteiger partial charge in [0.25, 0.3) is 0 Å². The monoisotopic (exact) mass is 667 g/mol. The molecule has 1 aliphatic carbocycles. The number of anilines is 1. The number of ketones is 2. The quantitative estimate of drug-likeness (QED) is 0.0698. The number of aliphatic imine (C=N–C) groups is 1. The predicted molar refractivity (Wildman–Crippen MR) is 169 cm³/mol. The van der Waals surface area contributed by atoms with Crippen LogP contribution in [0.25, 0.3) is 0 Å². The van der Waals surface area contributed by atoms with Crippen molar-refractivity contribution >= 4 is 23.3 Å². The summed E-state index contributed by atoms with van der Waals surface area (Å²) in [4.78, 5) is 36.6. The van der Waals surface area contributed by atoms with Crippen molar-refractivity contribution in [3.05, 3.63) is 75.0 Å². The number of aliphatic hydroxyl groups is 5. The second-order valence-electron chi connectivity index (χ2n) is 11.3. The van der Waals surface area contributed by atoms with Gasteiger partial charge in [0.05, 0.1) is 31.5 Å². The number of hydrogen-bond acceptors (Lipinski definition) is 14. The van der Waals surface area contributed by atoms with E-state index in [1.54, 1.807) is 18.3 Å². The largest absolute Gasteiger partial charge is 0.507 e. The molecule has 5 atom stereocenters. The van der Waals surface area contributed by atoms with Crippen LogP contribution in [0.1, 0.15) is 54.1 Å². The number of nitrogen functional groups attached to an aromatic ring is 1. The molecule has 1 fully saturated rings. The maximum atomic E-state index is 14.4. The average Bonchev–Trinajstić information content (AvgIpc) is 3.09.